The molecule has 1 aromatic carbocycles. The molecule has 2 aromatic rings. The number of hydrogen-bond acceptors (Lipinski definition) is 6. The first kappa shape index (κ1) is 19.2. The summed E-state index contributed by atoms with van der Waals surface area (Å²) in [6.45, 7) is 7.73. The van der Waals surface area contributed by atoms with Crippen LogP contribution in [0.4, 0.5) is 5.00 Å². The molecule has 27 heavy (non-hydrogen) atoms. The lowest BCUT2D eigenvalue weighted by Gasteiger charge is -2.25. The molecule has 1 aliphatic heterocycles. The molecular formula is C20H23NO5S. The van der Waals surface area contributed by atoms with E-state index in [1.54, 1.807) is 6.07 Å². The summed E-state index contributed by atoms with van der Waals surface area (Å²) in [7, 11) is 0. The van der Waals surface area contributed by atoms with Crippen molar-refractivity contribution < 1.29 is 23.8 Å². The molecule has 0 aliphatic carbocycles. The monoisotopic (exact) mass is 389 g/mol. The van der Waals surface area contributed by atoms with E-state index in [-0.39, 0.29) is 18.6 Å². The first-order valence-electron chi connectivity index (χ1n) is 8.71. The number of nitrogens with one attached hydrogen (secondary N) is 1. The molecule has 2 heterocycles. The standard InChI is InChI=1S/C20H23NO5S/c1-12-9-16(21-19(23)20(2,3)4)27-17(12)18(22)25-11-13-10-24-14-7-5-6-8-15(14)26-13/h5-9,13H,10-11H2,1-4H3,(H,21,23). The number of thiophene rings is 1. The van der Waals surface area contributed by atoms with E-state index in [4.69, 9.17) is 14.2 Å². The van der Waals surface area contributed by atoms with E-state index >= 15 is 0 Å². The molecular weight excluding hydrogens is 366 g/mol. The van der Waals surface area contributed by atoms with Gasteiger partial charge in [-0.05, 0) is 30.7 Å². The summed E-state index contributed by atoms with van der Waals surface area (Å²) in [4.78, 5) is 25.0. The Balaban J connectivity index is 1.58. The Morgan fingerprint density at radius 2 is 1.96 bits per heavy atom. The minimum absolute atomic E-state index is 0.0915. The van der Waals surface area contributed by atoms with Crippen LogP contribution in [0.25, 0.3) is 0 Å². The fourth-order valence-corrected chi connectivity index (χ4v) is 3.39. The third-order valence-electron chi connectivity index (χ3n) is 3.99. The Morgan fingerprint density at radius 1 is 1.26 bits per heavy atom. The number of rotatable bonds is 4. The molecule has 144 valence electrons. The van der Waals surface area contributed by atoms with E-state index < -0.39 is 11.4 Å². The Kier molecular flexibility index (Phi) is 5.41. The van der Waals surface area contributed by atoms with Crippen molar-refractivity contribution in [3.05, 3.63) is 40.8 Å². The maximum atomic E-state index is 12.4. The van der Waals surface area contributed by atoms with Gasteiger partial charge in [0.25, 0.3) is 0 Å². The van der Waals surface area contributed by atoms with Gasteiger partial charge in [0.05, 0.1) is 5.00 Å². The fraction of sp³-hybridized carbons (Fsp3) is 0.400. The number of anilines is 1. The van der Waals surface area contributed by atoms with Crippen molar-refractivity contribution in [2.45, 2.75) is 33.8 Å². The lowest BCUT2D eigenvalue weighted by Crippen LogP contribution is -2.34. The molecule has 0 saturated heterocycles. The molecule has 3 rings (SSSR count). The summed E-state index contributed by atoms with van der Waals surface area (Å²) < 4.78 is 16.8. The molecule has 0 radical (unpaired) electrons. The van der Waals surface area contributed by atoms with Crippen LogP contribution >= 0.6 is 11.3 Å². The van der Waals surface area contributed by atoms with Gasteiger partial charge in [-0.3, -0.25) is 4.79 Å². The van der Waals surface area contributed by atoms with E-state index in [9.17, 15) is 9.59 Å². The van der Waals surface area contributed by atoms with Crippen molar-refractivity contribution in [3.8, 4) is 11.5 Å². The molecule has 1 aliphatic rings. The zero-order chi connectivity index (χ0) is 19.6. The summed E-state index contributed by atoms with van der Waals surface area (Å²) in [5.41, 5.74) is 0.257. The van der Waals surface area contributed by atoms with Crippen LogP contribution in [-0.2, 0) is 9.53 Å². The first-order chi connectivity index (χ1) is 12.7. The topological polar surface area (TPSA) is 73.9 Å². The number of esters is 1. The lowest BCUT2D eigenvalue weighted by molar-refractivity contribution is -0.123. The number of carbonyl (C=O) groups excluding carboxylic acids is 2. The highest BCUT2D eigenvalue weighted by molar-refractivity contribution is 7.18. The van der Waals surface area contributed by atoms with Crippen LogP contribution in [0.3, 0.4) is 0 Å². The zero-order valence-electron chi connectivity index (χ0n) is 15.8. The molecule has 0 bridgehead atoms. The highest BCUT2D eigenvalue weighted by Gasteiger charge is 2.25. The average Bonchev–Trinajstić information content (AvgIpc) is 2.99. The van der Waals surface area contributed by atoms with Crippen LogP contribution < -0.4 is 14.8 Å². The maximum Gasteiger partial charge on any atom is 0.348 e. The van der Waals surface area contributed by atoms with Crippen LogP contribution in [0.5, 0.6) is 11.5 Å². The summed E-state index contributed by atoms with van der Waals surface area (Å²) in [5, 5.41) is 3.47. The largest absolute Gasteiger partial charge is 0.486 e. The van der Waals surface area contributed by atoms with Gasteiger partial charge in [0.2, 0.25) is 5.91 Å². The van der Waals surface area contributed by atoms with E-state index in [0.29, 0.717) is 28.0 Å². The second-order valence-corrected chi connectivity index (χ2v) is 8.48. The maximum absolute atomic E-state index is 12.4. The number of benzene rings is 1. The number of hydrogen-bond donors (Lipinski definition) is 1. The molecule has 1 amide bonds. The molecule has 0 fully saturated rings. The van der Waals surface area contributed by atoms with Gasteiger partial charge in [-0.1, -0.05) is 32.9 Å². The quantitative estimate of drug-likeness (QED) is 0.799. The Labute approximate surface area is 162 Å². The van der Waals surface area contributed by atoms with Crippen molar-refractivity contribution >= 4 is 28.2 Å². The number of amides is 1. The smallest absolute Gasteiger partial charge is 0.348 e. The highest BCUT2D eigenvalue weighted by Crippen LogP contribution is 2.32. The molecule has 1 N–H and O–H groups in total. The summed E-state index contributed by atoms with van der Waals surface area (Å²) in [6, 6.07) is 9.16. The third kappa shape index (κ3) is 4.60. The van der Waals surface area contributed by atoms with E-state index in [2.05, 4.69) is 5.32 Å². The Morgan fingerprint density at radius 3 is 2.67 bits per heavy atom. The zero-order valence-corrected chi connectivity index (χ0v) is 16.6. The van der Waals surface area contributed by atoms with Crippen LogP contribution in [0.2, 0.25) is 0 Å². The van der Waals surface area contributed by atoms with Gasteiger partial charge in [0.1, 0.15) is 18.1 Å². The predicted octanol–water partition coefficient (Wildman–Crippen LogP) is 4.04. The van der Waals surface area contributed by atoms with Gasteiger partial charge in [-0.25, -0.2) is 4.79 Å². The Hall–Kier alpha value is -2.54. The molecule has 7 heteroatoms. The normalized spacial score (nSPS) is 15.9. The molecule has 1 aromatic heterocycles. The van der Waals surface area contributed by atoms with Crippen LogP contribution in [0.15, 0.2) is 30.3 Å². The lowest BCUT2D eigenvalue weighted by atomic mass is 9.96. The molecule has 1 unspecified atom stereocenters. The molecule has 0 saturated carbocycles. The summed E-state index contributed by atoms with van der Waals surface area (Å²) >= 11 is 1.21. The predicted molar refractivity (Wildman–Crippen MR) is 104 cm³/mol. The van der Waals surface area contributed by atoms with E-state index in [1.165, 1.54) is 11.3 Å². The Bertz CT molecular complexity index is 852. The summed E-state index contributed by atoms with van der Waals surface area (Å²) in [5.74, 6) is 0.795. The van der Waals surface area contributed by atoms with Crippen molar-refractivity contribution in [1.82, 2.24) is 0 Å². The van der Waals surface area contributed by atoms with Gasteiger partial charge in [0.15, 0.2) is 17.6 Å². The van der Waals surface area contributed by atoms with E-state index in [1.807, 2.05) is 52.0 Å². The van der Waals surface area contributed by atoms with Crippen molar-refractivity contribution in [1.29, 1.82) is 0 Å². The first-order valence-corrected chi connectivity index (χ1v) is 9.53. The van der Waals surface area contributed by atoms with Crippen LogP contribution in [0.1, 0.15) is 36.0 Å². The minimum atomic E-state index is -0.507. The van der Waals surface area contributed by atoms with Gasteiger partial charge in [0, 0.05) is 5.41 Å². The van der Waals surface area contributed by atoms with Crippen molar-refractivity contribution in [2.75, 3.05) is 18.5 Å². The average molecular weight is 389 g/mol. The minimum Gasteiger partial charge on any atom is -0.486 e. The number of fused-ring (bicyclic) bond motifs is 1. The number of aryl methyl sites for hydroxylation is 1. The second kappa shape index (κ2) is 7.60. The number of para-hydroxylation sites is 2. The highest BCUT2D eigenvalue weighted by atomic mass is 32.1. The van der Waals surface area contributed by atoms with Crippen LogP contribution in [0, 0.1) is 12.3 Å². The SMILES string of the molecule is Cc1cc(NC(=O)C(C)(C)C)sc1C(=O)OCC1COc2ccccc2O1. The number of ether oxygens (including phenoxy) is 3. The molecule has 1 atom stereocenters. The van der Waals surface area contributed by atoms with E-state index in [0.717, 1.165) is 5.56 Å². The summed E-state index contributed by atoms with van der Waals surface area (Å²) in [6.07, 6.45) is -0.357. The third-order valence-corrected chi connectivity index (χ3v) is 5.12. The number of carbonyl (C=O) groups is 2. The van der Waals surface area contributed by atoms with Gasteiger partial charge < -0.3 is 19.5 Å². The molecule has 6 nitrogen and oxygen atoms in total. The van der Waals surface area contributed by atoms with Gasteiger partial charge in [-0.15, -0.1) is 11.3 Å². The van der Waals surface area contributed by atoms with Crippen molar-refractivity contribution in [3.63, 3.8) is 0 Å². The van der Waals surface area contributed by atoms with Gasteiger partial charge >= 0.3 is 5.97 Å². The second-order valence-electron chi connectivity index (χ2n) is 7.42. The molecule has 0 spiro atoms. The fourth-order valence-electron chi connectivity index (χ4n) is 2.43. The van der Waals surface area contributed by atoms with Crippen molar-refractivity contribution in [2.24, 2.45) is 5.41 Å². The van der Waals surface area contributed by atoms with Gasteiger partial charge in [-0.2, -0.15) is 0 Å². The van der Waals surface area contributed by atoms with Crippen LogP contribution in [-0.4, -0.2) is 31.2 Å².